The Bertz CT molecular complexity index is 572. The Morgan fingerprint density at radius 3 is 2.85 bits per heavy atom. The van der Waals surface area contributed by atoms with Crippen LogP contribution in [0.4, 0.5) is 0 Å². The van der Waals surface area contributed by atoms with Gasteiger partial charge in [-0.3, -0.25) is 9.98 Å². The predicted molar refractivity (Wildman–Crippen MR) is 88.2 cm³/mol. The number of rotatable bonds is 3. The molecule has 0 spiro atoms. The van der Waals surface area contributed by atoms with Crippen molar-refractivity contribution in [3.05, 3.63) is 40.8 Å². The maximum absolute atomic E-state index is 4.70. The summed E-state index contributed by atoms with van der Waals surface area (Å²) in [5, 5.41) is 5.72. The molecule has 1 aromatic rings. The molecular weight excluding hydrogens is 266 g/mol. The first-order valence-corrected chi connectivity index (χ1v) is 7.99. The van der Waals surface area contributed by atoms with Crippen LogP contribution >= 0.6 is 11.8 Å². The summed E-state index contributed by atoms with van der Waals surface area (Å²) in [4.78, 5) is 9.23. The van der Waals surface area contributed by atoms with Crippen molar-refractivity contribution in [2.75, 3.05) is 6.54 Å². The van der Waals surface area contributed by atoms with Gasteiger partial charge in [0.15, 0.2) is 0 Å². The van der Waals surface area contributed by atoms with Crippen LogP contribution in [0.2, 0.25) is 0 Å². The summed E-state index contributed by atoms with van der Waals surface area (Å²) in [5.74, 6) is 1.32. The van der Waals surface area contributed by atoms with Gasteiger partial charge in [-0.2, -0.15) is 0 Å². The highest BCUT2D eigenvalue weighted by Gasteiger charge is 2.36. The van der Waals surface area contributed by atoms with E-state index >= 15 is 0 Å². The van der Waals surface area contributed by atoms with Gasteiger partial charge in [-0.1, -0.05) is 36.8 Å². The Hall–Kier alpha value is -1.55. The lowest BCUT2D eigenvalue weighted by Gasteiger charge is -2.25. The quantitative estimate of drug-likeness (QED) is 0.923. The molecule has 2 atom stereocenters. The molecule has 0 fully saturated rings. The standard InChI is InChI=1S/C16H19N3S/c1-3-8-17-15-14-13(9-20-16(14)19-10-18-15)12-6-4-11(2)5-7-12/h4-7,9-10,14,16H,3,8H2,1-2H3,(H,17,18,19)/t14-,16-/m0/s1. The molecule has 1 N–H and O–H groups in total. The summed E-state index contributed by atoms with van der Waals surface area (Å²) in [7, 11) is 0. The van der Waals surface area contributed by atoms with Crippen LogP contribution in [0.3, 0.4) is 0 Å². The fourth-order valence-corrected chi connectivity index (χ4v) is 3.62. The molecule has 2 heterocycles. The predicted octanol–water partition coefficient (Wildman–Crippen LogP) is 3.47. The van der Waals surface area contributed by atoms with Crippen molar-refractivity contribution >= 4 is 29.5 Å². The largest absolute Gasteiger partial charge is 0.335 e. The van der Waals surface area contributed by atoms with E-state index in [1.165, 1.54) is 16.7 Å². The van der Waals surface area contributed by atoms with Crippen molar-refractivity contribution < 1.29 is 0 Å². The molecule has 1 aromatic carbocycles. The summed E-state index contributed by atoms with van der Waals surface area (Å²) in [5.41, 5.74) is 3.90. The Labute approximate surface area is 124 Å². The van der Waals surface area contributed by atoms with E-state index in [-0.39, 0.29) is 11.3 Å². The maximum atomic E-state index is 4.70. The lowest BCUT2D eigenvalue weighted by Crippen LogP contribution is -2.39. The Kier molecular flexibility index (Phi) is 3.92. The van der Waals surface area contributed by atoms with E-state index in [9.17, 15) is 0 Å². The van der Waals surface area contributed by atoms with Crippen LogP contribution in [0.5, 0.6) is 0 Å². The van der Waals surface area contributed by atoms with Crippen LogP contribution in [-0.2, 0) is 0 Å². The van der Waals surface area contributed by atoms with Gasteiger partial charge in [0.25, 0.3) is 0 Å². The smallest absolute Gasteiger partial charge is 0.115 e. The van der Waals surface area contributed by atoms with Gasteiger partial charge < -0.3 is 5.32 Å². The summed E-state index contributed by atoms with van der Waals surface area (Å²) >= 11 is 1.79. The lowest BCUT2D eigenvalue weighted by atomic mass is 9.91. The van der Waals surface area contributed by atoms with Crippen molar-refractivity contribution in [2.24, 2.45) is 15.9 Å². The average Bonchev–Trinajstić information content (AvgIpc) is 2.90. The third-order valence-electron chi connectivity index (χ3n) is 3.57. The van der Waals surface area contributed by atoms with E-state index in [2.05, 4.69) is 53.8 Å². The number of aryl methyl sites for hydroxylation is 1. The lowest BCUT2D eigenvalue weighted by molar-refractivity contribution is 0.782. The second-order valence-electron chi connectivity index (χ2n) is 5.13. The minimum atomic E-state index is 0.239. The van der Waals surface area contributed by atoms with Gasteiger partial charge >= 0.3 is 0 Å². The van der Waals surface area contributed by atoms with E-state index in [4.69, 9.17) is 4.99 Å². The molecule has 4 heteroatoms. The summed E-state index contributed by atoms with van der Waals surface area (Å²) < 4.78 is 0. The van der Waals surface area contributed by atoms with Crippen molar-refractivity contribution in [1.29, 1.82) is 0 Å². The van der Waals surface area contributed by atoms with Crippen LogP contribution in [0.15, 0.2) is 39.7 Å². The van der Waals surface area contributed by atoms with E-state index in [0.717, 1.165) is 18.8 Å². The van der Waals surface area contributed by atoms with E-state index < -0.39 is 0 Å². The van der Waals surface area contributed by atoms with Gasteiger partial charge in [-0.25, -0.2) is 0 Å². The van der Waals surface area contributed by atoms with Gasteiger partial charge in [0.1, 0.15) is 11.2 Å². The van der Waals surface area contributed by atoms with Gasteiger partial charge in [0.05, 0.1) is 12.3 Å². The minimum Gasteiger partial charge on any atom is -0.335 e. The number of nitrogens with one attached hydrogen (secondary N) is 1. The number of fused-ring (bicyclic) bond motifs is 1. The molecule has 0 aliphatic carbocycles. The molecule has 0 saturated heterocycles. The monoisotopic (exact) mass is 285 g/mol. The molecule has 0 radical (unpaired) electrons. The van der Waals surface area contributed by atoms with E-state index in [1.54, 1.807) is 18.1 Å². The molecule has 0 unspecified atom stereocenters. The Balaban J connectivity index is 1.92. The van der Waals surface area contributed by atoms with Crippen LogP contribution in [0.1, 0.15) is 24.5 Å². The molecule has 0 aromatic heterocycles. The Morgan fingerprint density at radius 2 is 2.10 bits per heavy atom. The van der Waals surface area contributed by atoms with Crippen molar-refractivity contribution in [3.63, 3.8) is 0 Å². The molecule has 0 bridgehead atoms. The van der Waals surface area contributed by atoms with Crippen molar-refractivity contribution in [2.45, 2.75) is 25.6 Å². The van der Waals surface area contributed by atoms with Gasteiger partial charge in [0.2, 0.25) is 0 Å². The van der Waals surface area contributed by atoms with E-state index in [0.29, 0.717) is 0 Å². The van der Waals surface area contributed by atoms with E-state index in [1.807, 2.05) is 0 Å². The van der Waals surface area contributed by atoms with Crippen LogP contribution < -0.4 is 5.32 Å². The zero-order chi connectivity index (χ0) is 13.9. The van der Waals surface area contributed by atoms with Gasteiger partial charge in [-0.05, 0) is 29.9 Å². The van der Waals surface area contributed by atoms with Crippen LogP contribution in [-0.4, -0.2) is 24.1 Å². The fourth-order valence-electron chi connectivity index (χ4n) is 2.49. The topological polar surface area (TPSA) is 36.8 Å². The molecule has 2 aliphatic rings. The van der Waals surface area contributed by atoms with Crippen LogP contribution in [0, 0.1) is 12.8 Å². The molecule has 3 rings (SSSR count). The number of nitrogens with zero attached hydrogens (tertiary/aromatic N) is 2. The first-order valence-electron chi connectivity index (χ1n) is 7.04. The zero-order valence-electron chi connectivity index (χ0n) is 11.8. The summed E-state index contributed by atoms with van der Waals surface area (Å²) in [6.07, 6.45) is 2.85. The highest BCUT2D eigenvalue weighted by molar-refractivity contribution is 8.03. The molecule has 104 valence electrons. The average molecular weight is 285 g/mol. The molecule has 0 saturated carbocycles. The molecule has 2 aliphatic heterocycles. The first kappa shape index (κ1) is 13.4. The third-order valence-corrected chi connectivity index (χ3v) is 4.64. The number of amidine groups is 1. The summed E-state index contributed by atoms with van der Waals surface area (Å²) in [6.45, 7) is 5.13. The van der Waals surface area contributed by atoms with Gasteiger partial charge in [-0.15, -0.1) is 11.8 Å². The minimum absolute atomic E-state index is 0.239. The number of hydrogen-bond donors (Lipinski definition) is 1. The van der Waals surface area contributed by atoms with Crippen molar-refractivity contribution in [1.82, 2.24) is 5.32 Å². The summed E-state index contributed by atoms with van der Waals surface area (Å²) in [6, 6.07) is 8.72. The molecular formula is C16H19N3S. The Morgan fingerprint density at radius 1 is 1.30 bits per heavy atom. The zero-order valence-corrected chi connectivity index (χ0v) is 12.7. The van der Waals surface area contributed by atoms with Crippen LogP contribution in [0.25, 0.3) is 5.57 Å². The normalized spacial score (nSPS) is 26.3. The molecule has 20 heavy (non-hydrogen) atoms. The highest BCUT2D eigenvalue weighted by atomic mass is 32.2. The maximum Gasteiger partial charge on any atom is 0.115 e. The molecule has 3 nitrogen and oxygen atoms in total. The second kappa shape index (κ2) is 5.83. The number of thioether (sulfide) groups is 1. The highest BCUT2D eigenvalue weighted by Crippen LogP contribution is 2.43. The van der Waals surface area contributed by atoms with Gasteiger partial charge in [0, 0.05) is 6.54 Å². The number of aliphatic imine (C=N–C) groups is 2. The first-order chi connectivity index (χ1) is 9.79. The SMILES string of the molecule is CCCN=C1NC=N[C@H]2SC=C(c3ccc(C)cc3)[C@@H]12. The number of hydrogen-bond acceptors (Lipinski definition) is 3. The third kappa shape index (κ3) is 2.52. The molecule has 0 amide bonds. The van der Waals surface area contributed by atoms with Crippen molar-refractivity contribution in [3.8, 4) is 0 Å². The number of benzene rings is 1. The second-order valence-corrected chi connectivity index (χ2v) is 6.12. The fraction of sp³-hybridized carbons (Fsp3) is 0.375.